The van der Waals surface area contributed by atoms with Crippen molar-refractivity contribution in [1.82, 2.24) is 9.78 Å². The van der Waals surface area contributed by atoms with E-state index < -0.39 is 10.0 Å². The van der Waals surface area contributed by atoms with Gasteiger partial charge < -0.3 is 5.32 Å². The Hall–Kier alpha value is -3.13. The van der Waals surface area contributed by atoms with Crippen LogP contribution in [0, 0.1) is 0 Å². The second kappa shape index (κ2) is 6.78. The van der Waals surface area contributed by atoms with E-state index in [2.05, 4.69) is 15.1 Å². The van der Waals surface area contributed by atoms with Crippen molar-refractivity contribution < 1.29 is 13.2 Å². The van der Waals surface area contributed by atoms with E-state index in [-0.39, 0.29) is 5.91 Å². The zero-order chi connectivity index (χ0) is 17.9. The first-order chi connectivity index (χ1) is 11.9. The molecule has 1 aromatic heterocycles. The minimum atomic E-state index is -3.37. The van der Waals surface area contributed by atoms with Crippen LogP contribution in [0.4, 0.5) is 11.4 Å². The van der Waals surface area contributed by atoms with Gasteiger partial charge in [0.1, 0.15) is 0 Å². The van der Waals surface area contributed by atoms with Crippen LogP contribution in [0.1, 0.15) is 10.4 Å². The van der Waals surface area contributed by atoms with Crippen molar-refractivity contribution in [2.45, 2.75) is 0 Å². The summed E-state index contributed by atoms with van der Waals surface area (Å²) in [6.45, 7) is 0. The van der Waals surface area contributed by atoms with E-state index in [1.54, 1.807) is 59.4 Å². The van der Waals surface area contributed by atoms with Crippen LogP contribution in [0.3, 0.4) is 0 Å². The molecule has 25 heavy (non-hydrogen) atoms. The van der Waals surface area contributed by atoms with Crippen LogP contribution in [0.2, 0.25) is 0 Å². The van der Waals surface area contributed by atoms with Gasteiger partial charge in [-0.1, -0.05) is 6.07 Å². The number of hydrogen-bond acceptors (Lipinski definition) is 4. The van der Waals surface area contributed by atoms with Gasteiger partial charge in [0.05, 0.1) is 17.6 Å². The Morgan fingerprint density at radius 2 is 1.76 bits per heavy atom. The third-order valence-electron chi connectivity index (χ3n) is 3.32. The fraction of sp³-hybridized carbons (Fsp3) is 0.0588. The molecule has 3 rings (SSSR count). The molecule has 2 N–H and O–H groups in total. The summed E-state index contributed by atoms with van der Waals surface area (Å²) in [5, 5.41) is 6.87. The molecule has 0 aliphatic rings. The van der Waals surface area contributed by atoms with Gasteiger partial charge in [-0.2, -0.15) is 5.10 Å². The average Bonchev–Trinajstić information content (AvgIpc) is 3.08. The first-order valence-electron chi connectivity index (χ1n) is 7.40. The lowest BCUT2D eigenvalue weighted by Crippen LogP contribution is -2.13. The molecule has 2 aromatic carbocycles. The first-order valence-corrected chi connectivity index (χ1v) is 9.29. The van der Waals surface area contributed by atoms with Gasteiger partial charge in [-0.05, 0) is 48.5 Å². The van der Waals surface area contributed by atoms with E-state index >= 15 is 0 Å². The van der Waals surface area contributed by atoms with Gasteiger partial charge in [-0.15, -0.1) is 0 Å². The number of sulfonamides is 1. The fourth-order valence-corrected chi connectivity index (χ4v) is 2.82. The quantitative estimate of drug-likeness (QED) is 0.734. The molecule has 0 aliphatic heterocycles. The highest BCUT2D eigenvalue weighted by atomic mass is 32.2. The SMILES string of the molecule is CS(=O)(=O)Nc1cccc(NC(=O)c2ccc(-n3cccn3)cc2)c1. The Morgan fingerprint density at radius 1 is 1.04 bits per heavy atom. The fourth-order valence-electron chi connectivity index (χ4n) is 2.26. The van der Waals surface area contributed by atoms with E-state index in [9.17, 15) is 13.2 Å². The van der Waals surface area contributed by atoms with Crippen molar-refractivity contribution in [3.8, 4) is 5.69 Å². The molecule has 0 spiro atoms. The molecule has 0 atom stereocenters. The number of aromatic nitrogens is 2. The Bertz CT molecular complexity index is 981. The summed E-state index contributed by atoms with van der Waals surface area (Å²) >= 11 is 0. The summed E-state index contributed by atoms with van der Waals surface area (Å²) in [5.41, 5.74) is 2.21. The summed E-state index contributed by atoms with van der Waals surface area (Å²) in [6, 6.07) is 15.3. The lowest BCUT2D eigenvalue weighted by molar-refractivity contribution is 0.102. The molecule has 8 heteroatoms. The van der Waals surface area contributed by atoms with Crippen molar-refractivity contribution in [1.29, 1.82) is 0 Å². The molecule has 0 saturated carbocycles. The minimum Gasteiger partial charge on any atom is -0.322 e. The number of benzene rings is 2. The standard InChI is InChI=1S/C17H16N4O3S/c1-25(23,24)20-15-5-2-4-14(12-15)19-17(22)13-6-8-16(9-7-13)21-11-3-10-18-21/h2-12,20H,1H3,(H,19,22). The van der Waals surface area contributed by atoms with Crippen molar-refractivity contribution in [3.63, 3.8) is 0 Å². The maximum Gasteiger partial charge on any atom is 0.255 e. The first kappa shape index (κ1) is 16.7. The maximum atomic E-state index is 12.3. The smallest absolute Gasteiger partial charge is 0.255 e. The van der Waals surface area contributed by atoms with Gasteiger partial charge in [-0.25, -0.2) is 13.1 Å². The lowest BCUT2D eigenvalue weighted by atomic mass is 10.2. The van der Waals surface area contributed by atoms with Crippen LogP contribution in [0.5, 0.6) is 0 Å². The van der Waals surface area contributed by atoms with E-state index in [4.69, 9.17) is 0 Å². The van der Waals surface area contributed by atoms with E-state index in [1.165, 1.54) is 0 Å². The summed E-state index contributed by atoms with van der Waals surface area (Å²) in [7, 11) is -3.37. The number of rotatable bonds is 5. The number of hydrogen-bond donors (Lipinski definition) is 2. The second-order valence-electron chi connectivity index (χ2n) is 5.41. The number of amides is 1. The average molecular weight is 356 g/mol. The molecular formula is C17H16N4O3S. The predicted molar refractivity (Wildman–Crippen MR) is 96.4 cm³/mol. The zero-order valence-corrected chi connectivity index (χ0v) is 14.2. The lowest BCUT2D eigenvalue weighted by Gasteiger charge is -2.09. The van der Waals surface area contributed by atoms with Gasteiger partial charge in [0.15, 0.2) is 0 Å². The highest BCUT2D eigenvalue weighted by Gasteiger charge is 2.08. The molecule has 0 unspecified atom stereocenters. The van der Waals surface area contributed by atoms with Crippen LogP contribution in [-0.2, 0) is 10.0 Å². The maximum absolute atomic E-state index is 12.3. The number of nitrogens with zero attached hydrogens (tertiary/aromatic N) is 2. The topological polar surface area (TPSA) is 93.1 Å². The van der Waals surface area contributed by atoms with E-state index in [0.29, 0.717) is 16.9 Å². The van der Waals surface area contributed by atoms with Crippen molar-refractivity contribution in [2.24, 2.45) is 0 Å². The highest BCUT2D eigenvalue weighted by molar-refractivity contribution is 7.92. The zero-order valence-electron chi connectivity index (χ0n) is 13.4. The summed E-state index contributed by atoms with van der Waals surface area (Å²) in [4.78, 5) is 12.3. The Labute approximate surface area is 145 Å². The monoisotopic (exact) mass is 356 g/mol. The number of anilines is 2. The summed E-state index contributed by atoms with van der Waals surface area (Å²) < 4.78 is 26.6. The minimum absolute atomic E-state index is 0.288. The molecule has 0 radical (unpaired) electrons. The third kappa shape index (κ3) is 4.45. The van der Waals surface area contributed by atoms with E-state index in [1.807, 2.05) is 12.3 Å². The molecule has 3 aromatic rings. The molecule has 0 bridgehead atoms. The predicted octanol–water partition coefficient (Wildman–Crippen LogP) is 2.50. The van der Waals surface area contributed by atoms with Crippen LogP contribution in [-0.4, -0.2) is 30.4 Å². The van der Waals surface area contributed by atoms with Crippen LogP contribution >= 0.6 is 0 Å². The van der Waals surface area contributed by atoms with Gasteiger partial charge in [0, 0.05) is 23.6 Å². The Balaban J connectivity index is 1.73. The van der Waals surface area contributed by atoms with E-state index in [0.717, 1.165) is 11.9 Å². The molecule has 1 amide bonds. The summed E-state index contributed by atoms with van der Waals surface area (Å²) in [5.74, 6) is -0.288. The highest BCUT2D eigenvalue weighted by Crippen LogP contribution is 2.17. The molecule has 7 nitrogen and oxygen atoms in total. The van der Waals surface area contributed by atoms with Gasteiger partial charge in [-0.3, -0.25) is 9.52 Å². The molecule has 0 fully saturated rings. The molecule has 128 valence electrons. The van der Waals surface area contributed by atoms with Crippen molar-refractivity contribution in [2.75, 3.05) is 16.3 Å². The summed E-state index contributed by atoms with van der Waals surface area (Å²) in [6.07, 6.45) is 4.56. The molecule has 1 heterocycles. The van der Waals surface area contributed by atoms with Crippen molar-refractivity contribution in [3.05, 3.63) is 72.6 Å². The molecule has 0 saturated heterocycles. The van der Waals surface area contributed by atoms with Gasteiger partial charge in [0.2, 0.25) is 10.0 Å². The number of nitrogens with one attached hydrogen (secondary N) is 2. The number of carbonyl (C=O) groups is 1. The Kier molecular flexibility index (Phi) is 4.53. The largest absolute Gasteiger partial charge is 0.322 e. The third-order valence-corrected chi connectivity index (χ3v) is 3.93. The van der Waals surface area contributed by atoms with Crippen LogP contribution in [0.15, 0.2) is 67.0 Å². The Morgan fingerprint density at radius 3 is 2.40 bits per heavy atom. The van der Waals surface area contributed by atoms with Gasteiger partial charge >= 0.3 is 0 Å². The second-order valence-corrected chi connectivity index (χ2v) is 7.16. The van der Waals surface area contributed by atoms with Gasteiger partial charge in [0.25, 0.3) is 5.91 Å². The molecular weight excluding hydrogens is 340 g/mol. The normalized spacial score (nSPS) is 11.1. The van der Waals surface area contributed by atoms with Crippen LogP contribution < -0.4 is 10.0 Å². The molecule has 0 aliphatic carbocycles. The van der Waals surface area contributed by atoms with Crippen LogP contribution in [0.25, 0.3) is 5.69 Å². The van der Waals surface area contributed by atoms with Crippen molar-refractivity contribution >= 4 is 27.3 Å². The number of carbonyl (C=O) groups excluding carboxylic acids is 1.